The highest BCUT2D eigenvalue weighted by atomic mass is 35.5. The number of furan rings is 2. The SMILES string of the molecule is C[C@H](NCc1ccc(Cl)o1)c1ccco1. The molecule has 1 N–H and O–H groups in total. The monoisotopic (exact) mass is 225 g/mol. The smallest absolute Gasteiger partial charge is 0.193 e. The van der Waals surface area contributed by atoms with Crippen molar-refractivity contribution in [2.75, 3.05) is 0 Å². The second-order valence-corrected chi connectivity index (χ2v) is 3.70. The van der Waals surface area contributed by atoms with Crippen molar-refractivity contribution in [3.8, 4) is 0 Å². The minimum absolute atomic E-state index is 0.156. The molecule has 1 atom stereocenters. The molecule has 2 rings (SSSR count). The van der Waals surface area contributed by atoms with Crippen LogP contribution in [-0.2, 0) is 6.54 Å². The third-order valence-electron chi connectivity index (χ3n) is 2.18. The van der Waals surface area contributed by atoms with E-state index in [1.165, 1.54) is 0 Å². The van der Waals surface area contributed by atoms with Gasteiger partial charge in [0.15, 0.2) is 5.22 Å². The average Bonchev–Trinajstić information content (AvgIpc) is 2.84. The van der Waals surface area contributed by atoms with Crippen LogP contribution in [0.5, 0.6) is 0 Å². The van der Waals surface area contributed by atoms with Gasteiger partial charge in [-0.15, -0.1) is 0 Å². The molecule has 0 spiro atoms. The van der Waals surface area contributed by atoms with E-state index in [2.05, 4.69) is 5.32 Å². The molecule has 0 unspecified atom stereocenters. The zero-order valence-electron chi connectivity index (χ0n) is 8.37. The fourth-order valence-electron chi connectivity index (χ4n) is 1.34. The first-order valence-corrected chi connectivity index (χ1v) is 5.14. The number of hydrogen-bond donors (Lipinski definition) is 1. The fraction of sp³-hybridized carbons (Fsp3) is 0.273. The number of halogens is 1. The highest BCUT2D eigenvalue weighted by Crippen LogP contribution is 2.16. The molecule has 0 aromatic carbocycles. The van der Waals surface area contributed by atoms with Crippen LogP contribution in [0.1, 0.15) is 24.5 Å². The van der Waals surface area contributed by atoms with Crippen molar-refractivity contribution in [2.45, 2.75) is 19.5 Å². The van der Waals surface area contributed by atoms with E-state index in [0.717, 1.165) is 11.5 Å². The van der Waals surface area contributed by atoms with Gasteiger partial charge in [-0.1, -0.05) is 0 Å². The molecular weight excluding hydrogens is 214 g/mol. The average molecular weight is 226 g/mol. The maximum atomic E-state index is 5.66. The van der Waals surface area contributed by atoms with Crippen LogP contribution in [0.25, 0.3) is 0 Å². The Morgan fingerprint density at radius 1 is 1.40 bits per heavy atom. The summed E-state index contributed by atoms with van der Waals surface area (Å²) >= 11 is 5.66. The highest BCUT2D eigenvalue weighted by molar-refractivity contribution is 6.28. The number of rotatable bonds is 4. The van der Waals surface area contributed by atoms with Crippen LogP contribution < -0.4 is 5.32 Å². The first-order chi connectivity index (χ1) is 7.25. The van der Waals surface area contributed by atoms with Crippen molar-refractivity contribution in [1.29, 1.82) is 0 Å². The van der Waals surface area contributed by atoms with Gasteiger partial charge >= 0.3 is 0 Å². The molecule has 2 aromatic rings. The third-order valence-corrected chi connectivity index (χ3v) is 2.38. The third kappa shape index (κ3) is 2.64. The molecule has 0 saturated carbocycles. The Morgan fingerprint density at radius 3 is 2.87 bits per heavy atom. The van der Waals surface area contributed by atoms with Gasteiger partial charge in [-0.25, -0.2) is 0 Å². The molecule has 4 heteroatoms. The Kier molecular flexibility index (Phi) is 3.14. The minimum Gasteiger partial charge on any atom is -0.468 e. The van der Waals surface area contributed by atoms with Crippen LogP contribution in [0.2, 0.25) is 5.22 Å². The summed E-state index contributed by atoms with van der Waals surface area (Å²) in [6.07, 6.45) is 1.66. The van der Waals surface area contributed by atoms with Gasteiger partial charge in [-0.3, -0.25) is 0 Å². The zero-order chi connectivity index (χ0) is 10.7. The lowest BCUT2D eigenvalue weighted by atomic mass is 10.2. The number of nitrogens with one attached hydrogen (secondary N) is 1. The predicted octanol–water partition coefficient (Wildman–Crippen LogP) is 3.38. The van der Waals surface area contributed by atoms with Crippen LogP contribution in [0, 0.1) is 0 Å². The largest absolute Gasteiger partial charge is 0.468 e. The molecular formula is C11H12ClNO2. The van der Waals surface area contributed by atoms with Crippen LogP contribution in [-0.4, -0.2) is 0 Å². The molecule has 0 bridgehead atoms. The van der Waals surface area contributed by atoms with E-state index in [4.69, 9.17) is 20.4 Å². The van der Waals surface area contributed by atoms with E-state index < -0.39 is 0 Å². The van der Waals surface area contributed by atoms with Crippen LogP contribution in [0.3, 0.4) is 0 Å². The van der Waals surface area contributed by atoms with E-state index in [-0.39, 0.29) is 6.04 Å². The van der Waals surface area contributed by atoms with Crippen molar-refractivity contribution in [2.24, 2.45) is 0 Å². The van der Waals surface area contributed by atoms with Gasteiger partial charge < -0.3 is 14.2 Å². The molecule has 0 radical (unpaired) electrons. The Balaban J connectivity index is 1.88. The zero-order valence-corrected chi connectivity index (χ0v) is 9.12. The topological polar surface area (TPSA) is 38.3 Å². The van der Waals surface area contributed by atoms with Crippen LogP contribution >= 0.6 is 11.6 Å². The fourth-order valence-corrected chi connectivity index (χ4v) is 1.50. The van der Waals surface area contributed by atoms with Crippen LogP contribution in [0.4, 0.5) is 0 Å². The van der Waals surface area contributed by atoms with E-state index in [1.54, 1.807) is 12.3 Å². The number of hydrogen-bond acceptors (Lipinski definition) is 3. The summed E-state index contributed by atoms with van der Waals surface area (Å²) in [5.74, 6) is 1.73. The second-order valence-electron chi connectivity index (χ2n) is 3.32. The molecule has 0 aliphatic rings. The van der Waals surface area contributed by atoms with Gasteiger partial charge in [0, 0.05) is 0 Å². The predicted molar refractivity (Wildman–Crippen MR) is 57.7 cm³/mol. The standard InChI is InChI=1S/C11H12ClNO2/c1-8(10-3-2-6-14-10)13-7-9-4-5-11(12)15-9/h2-6,8,13H,7H2,1H3/t8-/m0/s1. The Hall–Kier alpha value is -1.19. The summed E-state index contributed by atoms with van der Waals surface area (Å²) in [5.41, 5.74) is 0. The highest BCUT2D eigenvalue weighted by Gasteiger charge is 2.08. The maximum absolute atomic E-state index is 5.66. The summed E-state index contributed by atoms with van der Waals surface area (Å²) in [7, 11) is 0. The summed E-state index contributed by atoms with van der Waals surface area (Å²) < 4.78 is 10.5. The lowest BCUT2D eigenvalue weighted by Gasteiger charge is -2.09. The summed E-state index contributed by atoms with van der Waals surface area (Å²) in [4.78, 5) is 0. The van der Waals surface area contributed by atoms with Crippen molar-refractivity contribution >= 4 is 11.6 Å². The van der Waals surface area contributed by atoms with Crippen molar-refractivity contribution in [3.63, 3.8) is 0 Å². The molecule has 80 valence electrons. The summed E-state index contributed by atoms with van der Waals surface area (Å²) in [6, 6.07) is 7.55. The molecule has 0 fully saturated rings. The lowest BCUT2D eigenvalue weighted by Crippen LogP contribution is -2.17. The Labute approximate surface area is 93.0 Å². The Morgan fingerprint density at radius 2 is 2.27 bits per heavy atom. The van der Waals surface area contributed by atoms with Gasteiger partial charge in [0.2, 0.25) is 0 Å². The molecule has 0 aliphatic heterocycles. The molecule has 0 saturated heterocycles. The van der Waals surface area contributed by atoms with E-state index in [9.17, 15) is 0 Å². The van der Waals surface area contributed by atoms with Gasteiger partial charge in [0.05, 0.1) is 18.8 Å². The van der Waals surface area contributed by atoms with E-state index in [1.807, 2.05) is 25.1 Å². The van der Waals surface area contributed by atoms with E-state index in [0.29, 0.717) is 11.8 Å². The molecule has 3 nitrogen and oxygen atoms in total. The minimum atomic E-state index is 0.156. The van der Waals surface area contributed by atoms with Gasteiger partial charge in [0.25, 0.3) is 0 Å². The molecule has 0 aliphatic carbocycles. The lowest BCUT2D eigenvalue weighted by molar-refractivity contribution is 0.407. The first kappa shape index (κ1) is 10.3. The van der Waals surface area contributed by atoms with Crippen molar-refractivity contribution < 1.29 is 8.83 Å². The summed E-state index contributed by atoms with van der Waals surface area (Å²) in [5, 5.41) is 3.68. The maximum Gasteiger partial charge on any atom is 0.193 e. The summed E-state index contributed by atoms with van der Waals surface area (Å²) in [6.45, 7) is 2.66. The normalized spacial score (nSPS) is 12.9. The van der Waals surface area contributed by atoms with Crippen molar-refractivity contribution in [3.05, 3.63) is 47.3 Å². The molecule has 15 heavy (non-hydrogen) atoms. The first-order valence-electron chi connectivity index (χ1n) is 4.76. The van der Waals surface area contributed by atoms with Gasteiger partial charge in [-0.05, 0) is 42.8 Å². The molecule has 2 aromatic heterocycles. The molecule has 2 heterocycles. The van der Waals surface area contributed by atoms with Gasteiger partial charge in [-0.2, -0.15) is 0 Å². The van der Waals surface area contributed by atoms with Gasteiger partial charge in [0.1, 0.15) is 11.5 Å². The van der Waals surface area contributed by atoms with Crippen molar-refractivity contribution in [1.82, 2.24) is 5.32 Å². The quantitative estimate of drug-likeness (QED) is 0.867. The van der Waals surface area contributed by atoms with Crippen LogP contribution in [0.15, 0.2) is 39.4 Å². The second kappa shape index (κ2) is 4.55. The van der Waals surface area contributed by atoms with E-state index >= 15 is 0 Å². The molecule has 0 amide bonds. The Bertz CT molecular complexity index is 408.